The number of halogens is 2. The molecule has 108 valence electrons. The number of nitrogens with one attached hydrogen (secondary N) is 1. The van der Waals surface area contributed by atoms with Gasteiger partial charge in [-0.3, -0.25) is 0 Å². The minimum Gasteiger partial charge on any atom is -0.310 e. The fourth-order valence-electron chi connectivity index (χ4n) is 2.09. The molecule has 0 radical (unpaired) electrons. The third kappa shape index (κ3) is 6.56. The van der Waals surface area contributed by atoms with Crippen LogP contribution in [0.1, 0.15) is 57.1 Å². The lowest BCUT2D eigenvalue weighted by Crippen LogP contribution is -2.22. The summed E-state index contributed by atoms with van der Waals surface area (Å²) in [5.74, 6) is 0. The molecule has 1 nitrogen and oxygen atoms in total. The summed E-state index contributed by atoms with van der Waals surface area (Å²) in [5, 5.41) is 3.67. The zero-order valence-corrected chi connectivity index (χ0v) is 15.5. The quantitative estimate of drug-likeness (QED) is 0.346. The fraction of sp³-hybridized carbons (Fsp3) is 0.600. The number of rotatable bonds is 10. The predicted octanol–water partition coefficient (Wildman–Crippen LogP) is 6.45. The zero-order chi connectivity index (χ0) is 14.1. The maximum Gasteiger partial charge on any atom is 0.0758 e. The lowest BCUT2D eigenvalue weighted by atomic mass is 10.0. The second kappa shape index (κ2) is 10.1. The molecule has 19 heavy (non-hydrogen) atoms. The van der Waals surface area contributed by atoms with E-state index in [1.54, 1.807) is 11.3 Å². The van der Waals surface area contributed by atoms with Gasteiger partial charge in [-0.05, 0) is 75.7 Å². The molecule has 1 atom stereocenters. The standard InChI is InChI=1S/C15H23Br2NS/c1-3-5-6-7-8-9-13(18-10-4-2)12-11-14(16)19-15(12)17/h3,11,13,18H,1,4-10H2,2H3. The molecule has 4 heteroatoms. The smallest absolute Gasteiger partial charge is 0.0758 e. The van der Waals surface area contributed by atoms with E-state index in [2.05, 4.69) is 56.7 Å². The summed E-state index contributed by atoms with van der Waals surface area (Å²) in [4.78, 5) is 0. The Morgan fingerprint density at radius 1 is 1.37 bits per heavy atom. The molecule has 1 aromatic heterocycles. The second-order valence-electron chi connectivity index (χ2n) is 4.71. The Kier molecular flexibility index (Phi) is 9.29. The Hall–Kier alpha value is 0.360. The van der Waals surface area contributed by atoms with Gasteiger partial charge < -0.3 is 5.32 Å². The van der Waals surface area contributed by atoms with Crippen molar-refractivity contribution >= 4 is 43.2 Å². The summed E-state index contributed by atoms with van der Waals surface area (Å²) in [5.41, 5.74) is 1.40. The van der Waals surface area contributed by atoms with Crippen LogP contribution in [0.2, 0.25) is 0 Å². The summed E-state index contributed by atoms with van der Waals surface area (Å²) in [6.07, 6.45) is 9.36. The van der Waals surface area contributed by atoms with Gasteiger partial charge in [0.05, 0.1) is 7.57 Å². The fourth-order valence-corrected chi connectivity index (χ4v) is 5.06. The average Bonchev–Trinajstić information content (AvgIpc) is 2.72. The van der Waals surface area contributed by atoms with E-state index in [1.165, 1.54) is 45.2 Å². The molecule has 0 aliphatic carbocycles. The average molecular weight is 409 g/mol. The van der Waals surface area contributed by atoms with Crippen molar-refractivity contribution in [3.63, 3.8) is 0 Å². The first kappa shape index (κ1) is 17.4. The van der Waals surface area contributed by atoms with Gasteiger partial charge in [-0.2, -0.15) is 0 Å². The third-order valence-corrected chi connectivity index (χ3v) is 5.49. The van der Waals surface area contributed by atoms with Crippen molar-refractivity contribution in [2.45, 2.75) is 51.5 Å². The van der Waals surface area contributed by atoms with E-state index < -0.39 is 0 Å². The molecule has 1 heterocycles. The molecule has 0 spiro atoms. The van der Waals surface area contributed by atoms with E-state index in [9.17, 15) is 0 Å². The molecule has 0 saturated carbocycles. The molecule has 0 aliphatic rings. The van der Waals surface area contributed by atoms with E-state index >= 15 is 0 Å². The van der Waals surface area contributed by atoms with Gasteiger partial charge in [-0.25, -0.2) is 0 Å². The predicted molar refractivity (Wildman–Crippen MR) is 94.0 cm³/mol. The number of hydrogen-bond acceptors (Lipinski definition) is 2. The van der Waals surface area contributed by atoms with Gasteiger partial charge in [-0.1, -0.05) is 25.8 Å². The van der Waals surface area contributed by atoms with Crippen LogP contribution < -0.4 is 5.32 Å². The van der Waals surface area contributed by atoms with Gasteiger partial charge in [0.2, 0.25) is 0 Å². The van der Waals surface area contributed by atoms with Crippen molar-refractivity contribution in [2.24, 2.45) is 0 Å². The largest absolute Gasteiger partial charge is 0.310 e. The summed E-state index contributed by atoms with van der Waals surface area (Å²) in [6, 6.07) is 2.71. The summed E-state index contributed by atoms with van der Waals surface area (Å²) in [6.45, 7) is 7.07. The monoisotopic (exact) mass is 407 g/mol. The molecule has 1 aromatic rings. The zero-order valence-electron chi connectivity index (χ0n) is 11.6. The van der Waals surface area contributed by atoms with Gasteiger partial charge in [0.1, 0.15) is 0 Å². The van der Waals surface area contributed by atoms with Gasteiger partial charge >= 0.3 is 0 Å². The van der Waals surface area contributed by atoms with Crippen molar-refractivity contribution < 1.29 is 0 Å². The first-order valence-electron chi connectivity index (χ1n) is 6.98. The Bertz CT molecular complexity index is 376. The first-order valence-corrected chi connectivity index (χ1v) is 9.38. The highest BCUT2D eigenvalue weighted by Crippen LogP contribution is 2.37. The minimum atomic E-state index is 0.473. The highest BCUT2D eigenvalue weighted by atomic mass is 79.9. The maximum absolute atomic E-state index is 3.77. The van der Waals surface area contributed by atoms with Crippen molar-refractivity contribution in [3.8, 4) is 0 Å². The van der Waals surface area contributed by atoms with Crippen LogP contribution in [-0.4, -0.2) is 6.54 Å². The number of hydrogen-bond donors (Lipinski definition) is 1. The molecule has 0 aliphatic heterocycles. The van der Waals surface area contributed by atoms with Crippen LogP contribution in [0.15, 0.2) is 26.3 Å². The lowest BCUT2D eigenvalue weighted by molar-refractivity contribution is 0.472. The van der Waals surface area contributed by atoms with Gasteiger partial charge in [0, 0.05) is 6.04 Å². The molecule has 0 amide bonds. The topological polar surface area (TPSA) is 12.0 Å². The van der Waals surface area contributed by atoms with Crippen LogP contribution in [0.5, 0.6) is 0 Å². The van der Waals surface area contributed by atoms with Crippen molar-refractivity contribution in [3.05, 3.63) is 31.9 Å². The van der Waals surface area contributed by atoms with E-state index in [-0.39, 0.29) is 0 Å². The highest BCUT2D eigenvalue weighted by molar-refractivity contribution is 9.12. The van der Waals surface area contributed by atoms with Crippen molar-refractivity contribution in [2.75, 3.05) is 6.54 Å². The summed E-state index contributed by atoms with van der Waals surface area (Å²) in [7, 11) is 0. The van der Waals surface area contributed by atoms with Gasteiger partial charge in [-0.15, -0.1) is 17.9 Å². The van der Waals surface area contributed by atoms with Crippen molar-refractivity contribution in [1.82, 2.24) is 5.32 Å². The molecular weight excluding hydrogens is 386 g/mol. The molecule has 1 N–H and O–H groups in total. The minimum absolute atomic E-state index is 0.473. The molecule has 0 saturated heterocycles. The Morgan fingerprint density at radius 3 is 2.74 bits per heavy atom. The number of unbranched alkanes of at least 4 members (excludes halogenated alkanes) is 3. The number of allylic oxidation sites excluding steroid dienone is 1. The van der Waals surface area contributed by atoms with Crippen LogP contribution in [0, 0.1) is 0 Å². The molecule has 0 bridgehead atoms. The maximum atomic E-state index is 3.77. The summed E-state index contributed by atoms with van der Waals surface area (Å²) >= 11 is 9.01. The van der Waals surface area contributed by atoms with Gasteiger partial charge in [0.25, 0.3) is 0 Å². The lowest BCUT2D eigenvalue weighted by Gasteiger charge is -2.18. The second-order valence-corrected chi connectivity index (χ2v) is 8.46. The number of thiophene rings is 1. The van der Waals surface area contributed by atoms with Crippen LogP contribution in [0.3, 0.4) is 0 Å². The first-order chi connectivity index (χ1) is 9.19. The molecule has 0 fully saturated rings. The molecule has 0 aromatic carbocycles. The van der Waals surface area contributed by atoms with Crippen molar-refractivity contribution in [1.29, 1.82) is 0 Å². The Balaban J connectivity index is 2.51. The van der Waals surface area contributed by atoms with Crippen LogP contribution >= 0.6 is 43.2 Å². The third-order valence-electron chi connectivity index (χ3n) is 3.10. The molecule has 1 unspecified atom stereocenters. The highest BCUT2D eigenvalue weighted by Gasteiger charge is 2.16. The summed E-state index contributed by atoms with van der Waals surface area (Å²) < 4.78 is 2.45. The Labute approximate surface area is 138 Å². The van der Waals surface area contributed by atoms with E-state index in [0.29, 0.717) is 6.04 Å². The van der Waals surface area contributed by atoms with Gasteiger partial charge in [0.15, 0.2) is 0 Å². The van der Waals surface area contributed by atoms with E-state index in [0.717, 1.165) is 13.0 Å². The SMILES string of the molecule is C=CCCCCCC(NCCC)c1cc(Br)sc1Br. The van der Waals surface area contributed by atoms with E-state index in [1.807, 2.05) is 6.08 Å². The van der Waals surface area contributed by atoms with Crippen LogP contribution in [0.25, 0.3) is 0 Å². The van der Waals surface area contributed by atoms with E-state index in [4.69, 9.17) is 0 Å². The molecule has 1 rings (SSSR count). The van der Waals surface area contributed by atoms with Crippen LogP contribution in [-0.2, 0) is 0 Å². The normalized spacial score (nSPS) is 12.6. The Morgan fingerprint density at radius 2 is 2.16 bits per heavy atom. The molecular formula is C15H23Br2NS. The van der Waals surface area contributed by atoms with Crippen LogP contribution in [0.4, 0.5) is 0 Å².